The van der Waals surface area contributed by atoms with Gasteiger partial charge in [0.2, 0.25) is 0 Å². The molecule has 0 aromatic carbocycles. The first-order valence-corrected chi connectivity index (χ1v) is 5.16. The Kier molecular flexibility index (Phi) is 2.90. The second kappa shape index (κ2) is 4.34. The highest BCUT2D eigenvalue weighted by Gasteiger charge is 1.99. The first kappa shape index (κ1) is 9.36. The third kappa shape index (κ3) is 2.40. The smallest absolute Gasteiger partial charge is 0.148 e. The third-order valence-electron chi connectivity index (χ3n) is 1.52. The Bertz CT molecular complexity index is 403. The maximum atomic E-state index is 5.74. The zero-order valence-electron chi connectivity index (χ0n) is 7.14. The molecule has 4 nitrogen and oxygen atoms in total. The fraction of sp³-hybridized carbons (Fsp3) is 0.125. The van der Waals surface area contributed by atoms with Crippen LogP contribution in [0.3, 0.4) is 0 Å². The van der Waals surface area contributed by atoms with E-state index in [-0.39, 0.29) is 0 Å². The molecule has 0 spiro atoms. The zero-order chi connectivity index (χ0) is 9.80. The summed E-state index contributed by atoms with van der Waals surface area (Å²) in [5.41, 5.74) is 0. The van der Waals surface area contributed by atoms with E-state index < -0.39 is 0 Å². The molecule has 2 rings (SSSR count). The van der Waals surface area contributed by atoms with Crippen molar-refractivity contribution in [3.05, 3.63) is 33.9 Å². The topological polar surface area (TPSA) is 50.7 Å². The molecular formula is C8H7ClN4S. The Labute approximate surface area is 90.0 Å². The summed E-state index contributed by atoms with van der Waals surface area (Å²) in [6.07, 6.45) is 3.27. The molecule has 0 aliphatic heterocycles. The van der Waals surface area contributed by atoms with Crippen LogP contribution < -0.4 is 5.32 Å². The van der Waals surface area contributed by atoms with Crippen LogP contribution in [0.15, 0.2) is 24.5 Å². The summed E-state index contributed by atoms with van der Waals surface area (Å²) >= 11 is 7.19. The monoisotopic (exact) mass is 226 g/mol. The Morgan fingerprint density at radius 3 is 3.07 bits per heavy atom. The lowest BCUT2D eigenvalue weighted by Gasteiger charge is -2.00. The maximum absolute atomic E-state index is 5.74. The van der Waals surface area contributed by atoms with Crippen LogP contribution in [0.2, 0.25) is 4.34 Å². The standard InChI is InChI=1S/C8H7ClN4S/c9-6-4-11-8(14-6)5-10-7-2-1-3-12-13-7/h1-4H,5H2,(H,10,13). The molecule has 0 amide bonds. The molecule has 0 fully saturated rings. The van der Waals surface area contributed by atoms with E-state index in [9.17, 15) is 0 Å². The van der Waals surface area contributed by atoms with Crippen LogP contribution in [0.4, 0.5) is 5.82 Å². The van der Waals surface area contributed by atoms with E-state index in [1.54, 1.807) is 12.4 Å². The number of hydrogen-bond acceptors (Lipinski definition) is 5. The van der Waals surface area contributed by atoms with E-state index in [0.717, 1.165) is 10.8 Å². The van der Waals surface area contributed by atoms with Crippen LogP contribution in [-0.2, 0) is 6.54 Å². The first-order valence-electron chi connectivity index (χ1n) is 3.96. The quantitative estimate of drug-likeness (QED) is 0.872. The van der Waals surface area contributed by atoms with E-state index in [1.807, 2.05) is 12.1 Å². The van der Waals surface area contributed by atoms with Crippen molar-refractivity contribution in [2.45, 2.75) is 6.54 Å². The molecule has 2 heterocycles. The minimum Gasteiger partial charge on any atom is -0.362 e. The Balaban J connectivity index is 1.95. The molecule has 0 radical (unpaired) electrons. The Morgan fingerprint density at radius 1 is 1.50 bits per heavy atom. The minimum atomic E-state index is 0.621. The molecule has 1 N–H and O–H groups in total. The normalized spacial score (nSPS) is 10.1. The van der Waals surface area contributed by atoms with E-state index in [4.69, 9.17) is 11.6 Å². The van der Waals surface area contributed by atoms with Gasteiger partial charge >= 0.3 is 0 Å². The van der Waals surface area contributed by atoms with E-state index in [0.29, 0.717) is 10.9 Å². The van der Waals surface area contributed by atoms with Crippen molar-refractivity contribution < 1.29 is 0 Å². The van der Waals surface area contributed by atoms with Gasteiger partial charge in [0.05, 0.1) is 12.7 Å². The summed E-state index contributed by atoms with van der Waals surface area (Å²) in [4.78, 5) is 4.11. The van der Waals surface area contributed by atoms with Crippen molar-refractivity contribution in [3.63, 3.8) is 0 Å². The Hall–Kier alpha value is -1.20. The van der Waals surface area contributed by atoms with Gasteiger partial charge in [0.1, 0.15) is 15.2 Å². The molecule has 0 saturated heterocycles. The number of nitrogens with one attached hydrogen (secondary N) is 1. The lowest BCUT2D eigenvalue weighted by atomic mass is 10.5. The fourth-order valence-electron chi connectivity index (χ4n) is 0.932. The van der Waals surface area contributed by atoms with Crippen molar-refractivity contribution in [1.82, 2.24) is 15.2 Å². The van der Waals surface area contributed by atoms with E-state index >= 15 is 0 Å². The molecular weight excluding hydrogens is 220 g/mol. The second-order valence-electron chi connectivity index (χ2n) is 2.52. The van der Waals surface area contributed by atoms with Crippen molar-refractivity contribution >= 4 is 28.8 Å². The van der Waals surface area contributed by atoms with Crippen LogP contribution >= 0.6 is 22.9 Å². The number of anilines is 1. The van der Waals surface area contributed by atoms with Gasteiger partial charge in [0, 0.05) is 6.20 Å². The maximum Gasteiger partial charge on any atom is 0.148 e. The summed E-state index contributed by atoms with van der Waals surface area (Å²) in [6, 6.07) is 3.67. The van der Waals surface area contributed by atoms with Crippen LogP contribution in [0.1, 0.15) is 5.01 Å². The molecule has 2 aromatic rings. The van der Waals surface area contributed by atoms with Crippen molar-refractivity contribution in [2.24, 2.45) is 0 Å². The molecule has 14 heavy (non-hydrogen) atoms. The molecule has 6 heteroatoms. The van der Waals surface area contributed by atoms with Crippen molar-refractivity contribution in [2.75, 3.05) is 5.32 Å². The molecule has 0 bridgehead atoms. The van der Waals surface area contributed by atoms with Crippen molar-refractivity contribution in [3.8, 4) is 0 Å². The van der Waals surface area contributed by atoms with Gasteiger partial charge in [0.25, 0.3) is 0 Å². The lowest BCUT2D eigenvalue weighted by Crippen LogP contribution is -2.00. The number of hydrogen-bond donors (Lipinski definition) is 1. The average molecular weight is 227 g/mol. The predicted molar refractivity (Wildman–Crippen MR) is 56.5 cm³/mol. The summed E-state index contributed by atoms with van der Waals surface area (Å²) in [6.45, 7) is 0.621. The Morgan fingerprint density at radius 2 is 2.43 bits per heavy atom. The fourth-order valence-corrected chi connectivity index (χ4v) is 1.83. The van der Waals surface area contributed by atoms with Crippen LogP contribution in [0, 0.1) is 0 Å². The number of aromatic nitrogens is 3. The molecule has 2 aromatic heterocycles. The predicted octanol–water partition coefficient (Wildman–Crippen LogP) is 2.20. The second-order valence-corrected chi connectivity index (χ2v) is 4.27. The molecule has 0 saturated carbocycles. The highest BCUT2D eigenvalue weighted by molar-refractivity contribution is 7.15. The molecule has 0 aliphatic carbocycles. The highest BCUT2D eigenvalue weighted by atomic mass is 35.5. The zero-order valence-corrected chi connectivity index (χ0v) is 8.72. The summed E-state index contributed by atoms with van der Waals surface area (Å²) in [5.74, 6) is 0.735. The van der Waals surface area contributed by atoms with E-state index in [2.05, 4.69) is 20.5 Å². The highest BCUT2D eigenvalue weighted by Crippen LogP contribution is 2.18. The molecule has 72 valence electrons. The number of thiazole rings is 1. The average Bonchev–Trinajstić information content (AvgIpc) is 2.63. The third-order valence-corrected chi connectivity index (χ3v) is 2.63. The van der Waals surface area contributed by atoms with Crippen LogP contribution in [-0.4, -0.2) is 15.2 Å². The SMILES string of the molecule is Clc1cnc(CNc2cccnn2)s1. The van der Waals surface area contributed by atoms with Gasteiger partial charge in [-0.05, 0) is 12.1 Å². The van der Waals surface area contributed by atoms with Crippen LogP contribution in [0.25, 0.3) is 0 Å². The molecule has 0 aliphatic rings. The number of rotatable bonds is 3. The largest absolute Gasteiger partial charge is 0.362 e. The first-order chi connectivity index (χ1) is 6.84. The van der Waals surface area contributed by atoms with Gasteiger partial charge in [-0.15, -0.1) is 16.4 Å². The van der Waals surface area contributed by atoms with Gasteiger partial charge in [-0.25, -0.2) is 4.98 Å². The van der Waals surface area contributed by atoms with Gasteiger partial charge in [0.15, 0.2) is 0 Å². The van der Waals surface area contributed by atoms with Gasteiger partial charge < -0.3 is 5.32 Å². The number of nitrogens with zero attached hydrogens (tertiary/aromatic N) is 3. The molecule has 0 atom stereocenters. The van der Waals surface area contributed by atoms with Crippen molar-refractivity contribution in [1.29, 1.82) is 0 Å². The number of halogens is 1. The molecule has 0 unspecified atom stereocenters. The van der Waals surface area contributed by atoms with E-state index in [1.165, 1.54) is 11.3 Å². The summed E-state index contributed by atoms with van der Waals surface area (Å²) < 4.78 is 0.695. The van der Waals surface area contributed by atoms with Crippen LogP contribution in [0.5, 0.6) is 0 Å². The van der Waals surface area contributed by atoms with Gasteiger partial charge in [-0.3, -0.25) is 0 Å². The van der Waals surface area contributed by atoms with Gasteiger partial charge in [-0.2, -0.15) is 5.10 Å². The minimum absolute atomic E-state index is 0.621. The lowest BCUT2D eigenvalue weighted by molar-refractivity contribution is 0.994. The summed E-state index contributed by atoms with van der Waals surface area (Å²) in [7, 11) is 0. The summed E-state index contributed by atoms with van der Waals surface area (Å²) in [5, 5.41) is 11.7. The van der Waals surface area contributed by atoms with Gasteiger partial charge in [-0.1, -0.05) is 11.6 Å².